The molecule has 122 valence electrons. The van der Waals surface area contributed by atoms with E-state index in [9.17, 15) is 18.3 Å². The number of hydrogen-bond acceptors (Lipinski definition) is 5. The van der Waals surface area contributed by atoms with Crippen LogP contribution in [-0.2, 0) is 9.84 Å². The Bertz CT molecular complexity index is 656. The van der Waals surface area contributed by atoms with Crippen molar-refractivity contribution < 1.29 is 23.1 Å². The average Bonchev–Trinajstić information content (AvgIpc) is 2.52. The minimum atomic E-state index is -3.48. The number of hydrogen-bond donors (Lipinski definition) is 1. The summed E-state index contributed by atoms with van der Waals surface area (Å²) in [4.78, 5) is 14.2. The van der Waals surface area contributed by atoms with Crippen LogP contribution in [-0.4, -0.2) is 57.4 Å². The number of benzene rings is 1. The Morgan fingerprint density at radius 1 is 1.45 bits per heavy atom. The van der Waals surface area contributed by atoms with Crippen molar-refractivity contribution in [3.05, 3.63) is 23.8 Å². The Morgan fingerprint density at radius 3 is 2.77 bits per heavy atom. The first kappa shape index (κ1) is 16.8. The molecule has 1 amide bonds. The van der Waals surface area contributed by atoms with Crippen LogP contribution < -0.4 is 4.74 Å². The Hall–Kier alpha value is -1.60. The number of ether oxygens (including phenoxy) is 1. The van der Waals surface area contributed by atoms with Gasteiger partial charge in [0.1, 0.15) is 10.6 Å². The lowest BCUT2D eigenvalue weighted by molar-refractivity contribution is 0.0620. The summed E-state index contributed by atoms with van der Waals surface area (Å²) in [7, 11) is -2.09. The third kappa shape index (κ3) is 3.59. The van der Waals surface area contributed by atoms with Gasteiger partial charge in [-0.15, -0.1) is 0 Å². The molecule has 1 aliphatic heterocycles. The summed E-state index contributed by atoms with van der Waals surface area (Å²) in [5.41, 5.74) is 0.319. The first-order valence-corrected chi connectivity index (χ1v) is 9.04. The fraction of sp³-hybridized carbons (Fsp3) is 0.533. The molecule has 1 aliphatic rings. The minimum Gasteiger partial charge on any atom is -0.495 e. The molecule has 2 rings (SSSR count). The number of rotatable bonds is 4. The minimum absolute atomic E-state index is 0.0107. The molecule has 0 bridgehead atoms. The first-order chi connectivity index (χ1) is 10.4. The number of aliphatic hydroxyl groups excluding tert-OH is 1. The molecule has 0 spiro atoms. The van der Waals surface area contributed by atoms with E-state index in [-0.39, 0.29) is 29.1 Å². The summed E-state index contributed by atoms with van der Waals surface area (Å²) in [6, 6.07) is 4.43. The molecule has 1 aromatic carbocycles. The Labute approximate surface area is 130 Å². The van der Waals surface area contributed by atoms with Crippen LogP contribution in [0.5, 0.6) is 5.75 Å². The van der Waals surface area contributed by atoms with Crippen molar-refractivity contribution in [3.63, 3.8) is 0 Å². The maximum Gasteiger partial charge on any atom is 0.253 e. The zero-order valence-corrected chi connectivity index (χ0v) is 13.6. The fourth-order valence-electron chi connectivity index (χ4n) is 2.68. The van der Waals surface area contributed by atoms with Gasteiger partial charge >= 0.3 is 0 Å². The molecule has 0 aromatic heterocycles. The number of piperidine rings is 1. The Balaban J connectivity index is 2.30. The summed E-state index contributed by atoms with van der Waals surface area (Å²) < 4.78 is 28.7. The van der Waals surface area contributed by atoms with Crippen LogP contribution in [0.25, 0.3) is 0 Å². The largest absolute Gasteiger partial charge is 0.495 e. The van der Waals surface area contributed by atoms with Crippen LogP contribution >= 0.6 is 0 Å². The number of methoxy groups -OCH3 is 1. The Morgan fingerprint density at radius 2 is 2.18 bits per heavy atom. The second kappa shape index (κ2) is 6.66. The van der Waals surface area contributed by atoms with Gasteiger partial charge in [0.15, 0.2) is 9.84 Å². The molecule has 1 saturated heterocycles. The normalized spacial score (nSPS) is 19.0. The number of amides is 1. The SMILES string of the molecule is COc1ccc(C(=O)N2CCCC(CO)C2)cc1S(C)(=O)=O. The molecule has 22 heavy (non-hydrogen) atoms. The van der Waals surface area contributed by atoms with E-state index < -0.39 is 9.84 Å². The number of likely N-dealkylation sites (tertiary alicyclic amines) is 1. The molecule has 0 aliphatic carbocycles. The van der Waals surface area contributed by atoms with Gasteiger partial charge in [-0.05, 0) is 37.0 Å². The van der Waals surface area contributed by atoms with E-state index in [1.165, 1.54) is 19.2 Å². The molecule has 1 fully saturated rings. The maximum absolute atomic E-state index is 12.5. The van der Waals surface area contributed by atoms with Crippen LogP contribution in [0.4, 0.5) is 0 Å². The average molecular weight is 327 g/mol. The summed E-state index contributed by atoms with van der Waals surface area (Å²) in [6.45, 7) is 1.17. The third-order valence-corrected chi connectivity index (χ3v) is 4.99. The van der Waals surface area contributed by atoms with Gasteiger partial charge in [0, 0.05) is 31.5 Å². The lowest BCUT2D eigenvalue weighted by atomic mass is 9.98. The summed E-state index contributed by atoms with van der Waals surface area (Å²) in [5.74, 6) is 0.0990. The van der Waals surface area contributed by atoms with Crippen molar-refractivity contribution in [2.24, 2.45) is 5.92 Å². The van der Waals surface area contributed by atoms with Crippen LogP contribution in [0.3, 0.4) is 0 Å². The topological polar surface area (TPSA) is 83.9 Å². The zero-order valence-electron chi connectivity index (χ0n) is 12.8. The maximum atomic E-state index is 12.5. The van der Waals surface area contributed by atoms with Crippen molar-refractivity contribution in [1.29, 1.82) is 0 Å². The molecule has 0 saturated carbocycles. The molecule has 1 atom stereocenters. The van der Waals surface area contributed by atoms with Crippen LogP contribution in [0.1, 0.15) is 23.2 Å². The summed E-state index contributed by atoms with van der Waals surface area (Å²) in [6.07, 6.45) is 2.82. The van der Waals surface area contributed by atoms with Gasteiger partial charge in [0.25, 0.3) is 5.91 Å². The Kier molecular flexibility index (Phi) is 5.08. The molecular formula is C15H21NO5S. The molecule has 6 nitrogen and oxygen atoms in total. The fourth-order valence-corrected chi connectivity index (χ4v) is 3.54. The predicted octanol–water partition coefficient (Wildman–Crippen LogP) is 0.943. The van der Waals surface area contributed by atoms with E-state index >= 15 is 0 Å². The zero-order chi connectivity index (χ0) is 16.3. The van der Waals surface area contributed by atoms with E-state index in [0.29, 0.717) is 18.7 Å². The second-order valence-electron chi connectivity index (χ2n) is 5.58. The van der Waals surface area contributed by atoms with Gasteiger partial charge in [0.2, 0.25) is 0 Å². The van der Waals surface area contributed by atoms with Crippen LogP contribution in [0, 0.1) is 5.92 Å². The van der Waals surface area contributed by atoms with E-state index in [1.807, 2.05) is 0 Å². The van der Waals surface area contributed by atoms with Crippen molar-refractivity contribution in [2.75, 3.05) is 33.1 Å². The monoisotopic (exact) mass is 327 g/mol. The van der Waals surface area contributed by atoms with Crippen molar-refractivity contribution >= 4 is 15.7 Å². The molecule has 0 radical (unpaired) electrons. The van der Waals surface area contributed by atoms with Gasteiger partial charge in [-0.25, -0.2) is 8.42 Å². The second-order valence-corrected chi connectivity index (χ2v) is 7.56. The van der Waals surface area contributed by atoms with E-state index in [4.69, 9.17) is 4.74 Å². The van der Waals surface area contributed by atoms with Crippen LogP contribution in [0.2, 0.25) is 0 Å². The first-order valence-electron chi connectivity index (χ1n) is 7.15. The highest BCUT2D eigenvalue weighted by molar-refractivity contribution is 7.90. The molecule has 1 N–H and O–H groups in total. The number of carbonyl (C=O) groups excluding carboxylic acids is 1. The highest BCUT2D eigenvalue weighted by atomic mass is 32.2. The van der Waals surface area contributed by atoms with Gasteiger partial charge in [-0.1, -0.05) is 0 Å². The summed E-state index contributed by atoms with van der Waals surface area (Å²) >= 11 is 0. The lowest BCUT2D eigenvalue weighted by Gasteiger charge is -2.32. The smallest absolute Gasteiger partial charge is 0.253 e. The molecule has 7 heteroatoms. The van der Waals surface area contributed by atoms with Crippen LogP contribution in [0.15, 0.2) is 23.1 Å². The van der Waals surface area contributed by atoms with Crippen molar-refractivity contribution in [3.8, 4) is 5.75 Å². The molecule has 1 unspecified atom stereocenters. The number of aliphatic hydroxyl groups is 1. The highest BCUT2D eigenvalue weighted by Gasteiger charge is 2.25. The number of sulfone groups is 1. The highest BCUT2D eigenvalue weighted by Crippen LogP contribution is 2.26. The van der Waals surface area contributed by atoms with Gasteiger partial charge in [-0.2, -0.15) is 0 Å². The van der Waals surface area contributed by atoms with Crippen molar-refractivity contribution in [2.45, 2.75) is 17.7 Å². The van der Waals surface area contributed by atoms with E-state index in [1.54, 1.807) is 11.0 Å². The van der Waals surface area contributed by atoms with E-state index in [2.05, 4.69) is 0 Å². The third-order valence-electron chi connectivity index (χ3n) is 3.87. The standard InChI is InChI=1S/C15H21NO5S/c1-21-13-6-5-12(8-14(13)22(2,19)20)15(18)16-7-3-4-11(9-16)10-17/h5-6,8,11,17H,3-4,7,9-10H2,1-2H3. The number of carbonyl (C=O) groups is 1. The quantitative estimate of drug-likeness (QED) is 0.890. The lowest BCUT2D eigenvalue weighted by Crippen LogP contribution is -2.41. The van der Waals surface area contributed by atoms with Gasteiger partial charge < -0.3 is 14.7 Å². The summed E-state index contributed by atoms with van der Waals surface area (Å²) in [5, 5.41) is 9.25. The predicted molar refractivity (Wildman–Crippen MR) is 81.8 cm³/mol. The van der Waals surface area contributed by atoms with Gasteiger partial charge in [0.05, 0.1) is 7.11 Å². The molecule has 1 heterocycles. The number of nitrogens with zero attached hydrogens (tertiary/aromatic N) is 1. The molecule has 1 aromatic rings. The van der Waals surface area contributed by atoms with Gasteiger partial charge in [-0.3, -0.25) is 4.79 Å². The van der Waals surface area contributed by atoms with Crippen molar-refractivity contribution in [1.82, 2.24) is 4.90 Å². The van der Waals surface area contributed by atoms with E-state index in [0.717, 1.165) is 19.1 Å². The molecular weight excluding hydrogens is 306 g/mol.